The van der Waals surface area contributed by atoms with Gasteiger partial charge in [-0.25, -0.2) is 0 Å². The molecule has 0 atom stereocenters. The maximum absolute atomic E-state index is 13.2. The van der Waals surface area contributed by atoms with E-state index in [0.717, 1.165) is 30.0 Å². The number of para-hydroxylation sites is 2. The highest BCUT2D eigenvalue weighted by atomic mass is 16.5. The number of amides is 2. The minimum absolute atomic E-state index is 0.109. The van der Waals surface area contributed by atoms with E-state index in [-0.39, 0.29) is 11.8 Å². The maximum Gasteiger partial charge on any atom is 0.258 e. The van der Waals surface area contributed by atoms with E-state index in [1.54, 1.807) is 42.3 Å². The second-order valence-corrected chi connectivity index (χ2v) is 7.80. The van der Waals surface area contributed by atoms with Gasteiger partial charge in [-0.05, 0) is 55.0 Å². The smallest absolute Gasteiger partial charge is 0.258 e. The Morgan fingerprint density at radius 3 is 2.28 bits per heavy atom. The molecule has 0 spiro atoms. The normalized spacial score (nSPS) is 13.5. The fourth-order valence-corrected chi connectivity index (χ4v) is 3.84. The zero-order valence-corrected chi connectivity index (χ0v) is 18.4. The Hall–Kier alpha value is -3.64. The Kier molecular flexibility index (Phi) is 6.52. The molecule has 0 saturated carbocycles. The quantitative estimate of drug-likeness (QED) is 0.655. The first-order valence-electron chi connectivity index (χ1n) is 10.7. The van der Waals surface area contributed by atoms with Crippen LogP contribution in [0.2, 0.25) is 0 Å². The number of carbonyl (C=O) groups is 2. The lowest BCUT2D eigenvalue weighted by Gasteiger charge is -2.32. The Balaban J connectivity index is 1.48. The molecule has 3 aromatic carbocycles. The van der Waals surface area contributed by atoms with E-state index in [2.05, 4.69) is 10.2 Å². The Labute approximate surface area is 188 Å². The Morgan fingerprint density at radius 2 is 1.56 bits per heavy atom. The van der Waals surface area contributed by atoms with Gasteiger partial charge in [-0.2, -0.15) is 0 Å². The van der Waals surface area contributed by atoms with Crippen LogP contribution in [0.1, 0.15) is 26.3 Å². The molecule has 1 aliphatic rings. The van der Waals surface area contributed by atoms with E-state index < -0.39 is 0 Å². The van der Waals surface area contributed by atoms with Crippen LogP contribution in [-0.2, 0) is 4.74 Å². The summed E-state index contributed by atoms with van der Waals surface area (Å²) in [5.41, 5.74) is 4.62. The van der Waals surface area contributed by atoms with Crippen LogP contribution in [0.4, 0.5) is 17.1 Å². The predicted octanol–water partition coefficient (Wildman–Crippen LogP) is 4.36. The first-order valence-corrected chi connectivity index (χ1v) is 10.7. The van der Waals surface area contributed by atoms with Gasteiger partial charge in [0.15, 0.2) is 0 Å². The molecule has 1 aliphatic heterocycles. The molecule has 1 fully saturated rings. The number of nitrogens with one attached hydrogen (secondary N) is 1. The molecule has 0 aromatic heterocycles. The van der Waals surface area contributed by atoms with E-state index in [1.807, 2.05) is 49.4 Å². The Morgan fingerprint density at radius 1 is 0.906 bits per heavy atom. The molecule has 0 radical (unpaired) electrons. The molecule has 6 nitrogen and oxygen atoms in total. The lowest BCUT2D eigenvalue weighted by molar-refractivity contribution is 0.0991. The minimum Gasteiger partial charge on any atom is -0.378 e. The molecular formula is C26H27N3O3. The van der Waals surface area contributed by atoms with Crippen molar-refractivity contribution < 1.29 is 14.3 Å². The van der Waals surface area contributed by atoms with Crippen LogP contribution in [0.15, 0.2) is 72.8 Å². The van der Waals surface area contributed by atoms with Crippen LogP contribution in [0.3, 0.4) is 0 Å². The molecule has 4 rings (SSSR count). The van der Waals surface area contributed by atoms with Crippen LogP contribution in [-0.4, -0.2) is 45.2 Å². The van der Waals surface area contributed by atoms with Gasteiger partial charge in [0.1, 0.15) is 0 Å². The third-order valence-corrected chi connectivity index (χ3v) is 5.68. The summed E-state index contributed by atoms with van der Waals surface area (Å²) >= 11 is 0. The van der Waals surface area contributed by atoms with Crippen LogP contribution >= 0.6 is 0 Å². The van der Waals surface area contributed by atoms with Gasteiger partial charge in [-0.15, -0.1) is 0 Å². The number of hydrogen-bond donors (Lipinski definition) is 1. The Bertz CT molecular complexity index is 1110. The second-order valence-electron chi connectivity index (χ2n) is 7.80. The maximum atomic E-state index is 13.2. The SMILES string of the molecule is Cc1ccccc1C(=O)Nc1ccc(C(=O)N(C)c2ccccc2N2CCOCC2)cc1. The average molecular weight is 430 g/mol. The van der Waals surface area contributed by atoms with E-state index in [0.29, 0.717) is 30.0 Å². The lowest BCUT2D eigenvalue weighted by atomic mass is 10.1. The van der Waals surface area contributed by atoms with Crippen LogP contribution in [0.25, 0.3) is 0 Å². The first kappa shape index (κ1) is 21.6. The van der Waals surface area contributed by atoms with Crippen LogP contribution in [0.5, 0.6) is 0 Å². The molecule has 3 aromatic rings. The highest BCUT2D eigenvalue weighted by Gasteiger charge is 2.20. The number of hydrogen-bond acceptors (Lipinski definition) is 4. The number of aryl methyl sites for hydroxylation is 1. The van der Waals surface area contributed by atoms with Crippen molar-refractivity contribution in [3.05, 3.63) is 89.5 Å². The van der Waals surface area contributed by atoms with Crippen molar-refractivity contribution >= 4 is 28.9 Å². The highest BCUT2D eigenvalue weighted by Crippen LogP contribution is 2.30. The van der Waals surface area contributed by atoms with Crippen LogP contribution in [0, 0.1) is 6.92 Å². The molecule has 0 unspecified atom stereocenters. The molecule has 0 aliphatic carbocycles. The third-order valence-electron chi connectivity index (χ3n) is 5.68. The van der Waals surface area contributed by atoms with E-state index in [1.165, 1.54) is 0 Å². The van der Waals surface area contributed by atoms with Crippen molar-refractivity contribution in [3.63, 3.8) is 0 Å². The van der Waals surface area contributed by atoms with Crippen molar-refractivity contribution in [2.75, 3.05) is 48.5 Å². The number of anilines is 3. The van der Waals surface area contributed by atoms with Gasteiger partial charge in [0, 0.05) is 37.0 Å². The summed E-state index contributed by atoms with van der Waals surface area (Å²) < 4.78 is 5.46. The van der Waals surface area contributed by atoms with E-state index in [9.17, 15) is 9.59 Å². The van der Waals surface area contributed by atoms with Crippen molar-refractivity contribution in [1.29, 1.82) is 0 Å². The standard InChI is InChI=1S/C26H27N3O3/c1-19-7-3-4-8-22(19)25(30)27-21-13-11-20(12-14-21)26(31)28(2)23-9-5-6-10-24(23)29-15-17-32-18-16-29/h3-14H,15-18H2,1-2H3,(H,27,30). The molecule has 0 bridgehead atoms. The van der Waals surface area contributed by atoms with Crippen LogP contribution < -0.4 is 15.1 Å². The number of nitrogens with zero attached hydrogens (tertiary/aromatic N) is 2. The summed E-state index contributed by atoms with van der Waals surface area (Å²) in [5, 5.41) is 2.90. The number of rotatable bonds is 5. The molecule has 1 saturated heterocycles. The molecule has 2 amide bonds. The third kappa shape index (κ3) is 4.65. The second kappa shape index (κ2) is 9.66. The molecule has 32 heavy (non-hydrogen) atoms. The number of ether oxygens (including phenoxy) is 1. The number of morpholine rings is 1. The van der Waals surface area contributed by atoms with Crippen molar-refractivity contribution in [3.8, 4) is 0 Å². The van der Waals surface area contributed by atoms with Gasteiger partial charge in [0.05, 0.1) is 24.6 Å². The summed E-state index contributed by atoms with van der Waals surface area (Å²) in [6, 6.07) is 22.3. The topological polar surface area (TPSA) is 61.9 Å². The molecule has 1 heterocycles. The fourth-order valence-electron chi connectivity index (χ4n) is 3.84. The molecule has 164 valence electrons. The summed E-state index contributed by atoms with van der Waals surface area (Å²) in [6.45, 7) is 4.87. The fraction of sp³-hybridized carbons (Fsp3) is 0.231. The van der Waals surface area contributed by atoms with Gasteiger partial charge >= 0.3 is 0 Å². The summed E-state index contributed by atoms with van der Waals surface area (Å²) in [7, 11) is 1.79. The lowest BCUT2D eigenvalue weighted by Crippen LogP contribution is -2.38. The molecular weight excluding hydrogens is 402 g/mol. The zero-order valence-electron chi connectivity index (χ0n) is 18.4. The van der Waals surface area contributed by atoms with Gasteiger partial charge in [-0.3, -0.25) is 9.59 Å². The number of carbonyl (C=O) groups excluding carboxylic acids is 2. The molecule has 6 heteroatoms. The average Bonchev–Trinajstić information content (AvgIpc) is 2.84. The van der Waals surface area contributed by atoms with Gasteiger partial charge in [0.2, 0.25) is 0 Å². The van der Waals surface area contributed by atoms with Crippen molar-refractivity contribution in [2.45, 2.75) is 6.92 Å². The number of benzene rings is 3. The van der Waals surface area contributed by atoms with Crippen molar-refractivity contribution in [2.24, 2.45) is 0 Å². The predicted molar refractivity (Wildman–Crippen MR) is 128 cm³/mol. The minimum atomic E-state index is -0.168. The van der Waals surface area contributed by atoms with Gasteiger partial charge in [0.25, 0.3) is 11.8 Å². The van der Waals surface area contributed by atoms with Gasteiger partial charge < -0.3 is 19.9 Å². The summed E-state index contributed by atoms with van der Waals surface area (Å²) in [4.78, 5) is 29.6. The zero-order chi connectivity index (χ0) is 22.5. The molecule has 1 N–H and O–H groups in total. The van der Waals surface area contributed by atoms with Gasteiger partial charge in [-0.1, -0.05) is 30.3 Å². The first-order chi connectivity index (χ1) is 15.5. The van der Waals surface area contributed by atoms with E-state index in [4.69, 9.17) is 4.74 Å². The summed E-state index contributed by atoms with van der Waals surface area (Å²) in [6.07, 6.45) is 0. The monoisotopic (exact) mass is 429 g/mol. The largest absolute Gasteiger partial charge is 0.378 e. The highest BCUT2D eigenvalue weighted by molar-refractivity contribution is 6.08. The van der Waals surface area contributed by atoms with Crippen molar-refractivity contribution in [1.82, 2.24) is 0 Å². The summed E-state index contributed by atoms with van der Waals surface area (Å²) in [5.74, 6) is -0.277. The van der Waals surface area contributed by atoms with E-state index >= 15 is 0 Å².